The molecule has 0 saturated heterocycles. The molecule has 1 heterocycles. The SMILES string of the molecule is CCCC(C)(N)CNCc1cccs1. The lowest BCUT2D eigenvalue weighted by Crippen LogP contribution is -2.45. The predicted octanol–water partition coefficient (Wildman–Crippen LogP) is 2.36. The van der Waals surface area contributed by atoms with Crippen LogP contribution >= 0.6 is 11.3 Å². The third-order valence-corrected chi connectivity index (χ3v) is 3.11. The van der Waals surface area contributed by atoms with E-state index in [1.54, 1.807) is 11.3 Å². The van der Waals surface area contributed by atoms with Crippen LogP contribution in [0.2, 0.25) is 0 Å². The average molecular weight is 212 g/mol. The number of hydrogen-bond acceptors (Lipinski definition) is 3. The number of rotatable bonds is 6. The molecule has 0 aromatic carbocycles. The zero-order valence-corrected chi connectivity index (χ0v) is 9.86. The third-order valence-electron chi connectivity index (χ3n) is 2.23. The van der Waals surface area contributed by atoms with Crippen molar-refractivity contribution in [2.75, 3.05) is 6.54 Å². The van der Waals surface area contributed by atoms with Crippen LogP contribution in [-0.4, -0.2) is 12.1 Å². The van der Waals surface area contributed by atoms with E-state index in [4.69, 9.17) is 5.73 Å². The Balaban J connectivity index is 2.20. The largest absolute Gasteiger partial charge is 0.324 e. The Kier molecular flexibility index (Phi) is 4.58. The molecule has 0 aliphatic heterocycles. The number of hydrogen-bond donors (Lipinski definition) is 2. The van der Waals surface area contributed by atoms with Crippen LogP contribution in [0.1, 0.15) is 31.6 Å². The molecule has 0 saturated carbocycles. The van der Waals surface area contributed by atoms with Crippen molar-refractivity contribution in [1.29, 1.82) is 0 Å². The summed E-state index contributed by atoms with van der Waals surface area (Å²) in [5.74, 6) is 0. The molecule has 3 heteroatoms. The second kappa shape index (κ2) is 5.49. The molecule has 80 valence electrons. The van der Waals surface area contributed by atoms with Crippen LogP contribution in [0.4, 0.5) is 0 Å². The van der Waals surface area contributed by atoms with E-state index in [0.717, 1.165) is 25.9 Å². The molecule has 0 radical (unpaired) electrons. The lowest BCUT2D eigenvalue weighted by molar-refractivity contribution is 0.397. The molecule has 2 nitrogen and oxygen atoms in total. The van der Waals surface area contributed by atoms with E-state index >= 15 is 0 Å². The molecule has 1 aromatic heterocycles. The first-order valence-corrected chi connectivity index (χ1v) is 6.04. The van der Waals surface area contributed by atoms with Crippen molar-refractivity contribution in [3.63, 3.8) is 0 Å². The molecular formula is C11H20N2S. The van der Waals surface area contributed by atoms with Gasteiger partial charge in [-0.3, -0.25) is 0 Å². The van der Waals surface area contributed by atoms with Gasteiger partial charge in [-0.05, 0) is 24.8 Å². The lowest BCUT2D eigenvalue weighted by Gasteiger charge is -2.24. The molecule has 0 aliphatic rings. The summed E-state index contributed by atoms with van der Waals surface area (Å²) >= 11 is 1.78. The smallest absolute Gasteiger partial charge is 0.0300 e. The van der Waals surface area contributed by atoms with Gasteiger partial charge in [0, 0.05) is 23.5 Å². The maximum absolute atomic E-state index is 6.11. The monoisotopic (exact) mass is 212 g/mol. The molecule has 1 aromatic rings. The summed E-state index contributed by atoms with van der Waals surface area (Å²) in [6.45, 7) is 6.11. The third kappa shape index (κ3) is 4.22. The summed E-state index contributed by atoms with van der Waals surface area (Å²) < 4.78 is 0. The van der Waals surface area contributed by atoms with E-state index < -0.39 is 0 Å². The molecule has 0 fully saturated rings. The number of nitrogens with one attached hydrogen (secondary N) is 1. The number of thiophene rings is 1. The fourth-order valence-corrected chi connectivity index (χ4v) is 2.22. The van der Waals surface area contributed by atoms with E-state index in [2.05, 4.69) is 36.7 Å². The Morgan fingerprint density at radius 3 is 2.93 bits per heavy atom. The number of nitrogens with two attached hydrogens (primary N) is 1. The van der Waals surface area contributed by atoms with Crippen LogP contribution in [0.5, 0.6) is 0 Å². The van der Waals surface area contributed by atoms with Gasteiger partial charge in [0.15, 0.2) is 0 Å². The molecule has 1 atom stereocenters. The van der Waals surface area contributed by atoms with Gasteiger partial charge in [-0.25, -0.2) is 0 Å². The van der Waals surface area contributed by atoms with Gasteiger partial charge in [0.05, 0.1) is 0 Å². The van der Waals surface area contributed by atoms with Crippen molar-refractivity contribution in [3.8, 4) is 0 Å². The fraction of sp³-hybridized carbons (Fsp3) is 0.636. The average Bonchev–Trinajstić information content (AvgIpc) is 2.56. The van der Waals surface area contributed by atoms with Crippen LogP contribution in [0.3, 0.4) is 0 Å². The highest BCUT2D eigenvalue weighted by Gasteiger charge is 2.15. The first-order chi connectivity index (χ1) is 6.64. The van der Waals surface area contributed by atoms with Crippen LogP contribution in [0.15, 0.2) is 17.5 Å². The Bertz CT molecular complexity index is 242. The van der Waals surface area contributed by atoms with E-state index in [-0.39, 0.29) is 5.54 Å². The molecular weight excluding hydrogens is 192 g/mol. The molecule has 0 aliphatic carbocycles. The topological polar surface area (TPSA) is 38.0 Å². The molecule has 0 spiro atoms. The first-order valence-electron chi connectivity index (χ1n) is 5.16. The summed E-state index contributed by atoms with van der Waals surface area (Å²) in [5.41, 5.74) is 6.04. The first kappa shape index (κ1) is 11.7. The molecule has 3 N–H and O–H groups in total. The van der Waals surface area contributed by atoms with Gasteiger partial charge >= 0.3 is 0 Å². The van der Waals surface area contributed by atoms with Crippen LogP contribution in [0, 0.1) is 0 Å². The van der Waals surface area contributed by atoms with Crippen molar-refractivity contribution in [1.82, 2.24) is 5.32 Å². The normalized spacial score (nSPS) is 15.4. The molecule has 0 amide bonds. The zero-order chi connectivity index (χ0) is 10.4. The van der Waals surface area contributed by atoms with Gasteiger partial charge in [-0.1, -0.05) is 19.4 Å². The summed E-state index contributed by atoms with van der Waals surface area (Å²) in [7, 11) is 0. The molecule has 1 rings (SSSR count). The highest BCUT2D eigenvalue weighted by Crippen LogP contribution is 2.10. The van der Waals surface area contributed by atoms with E-state index in [0.29, 0.717) is 0 Å². The standard InChI is InChI=1S/C11H20N2S/c1-3-6-11(2,12)9-13-8-10-5-4-7-14-10/h4-5,7,13H,3,6,8-9,12H2,1-2H3. The quantitative estimate of drug-likeness (QED) is 0.759. The predicted molar refractivity (Wildman–Crippen MR) is 63.5 cm³/mol. The van der Waals surface area contributed by atoms with Crippen molar-refractivity contribution < 1.29 is 0 Å². The highest BCUT2D eigenvalue weighted by molar-refractivity contribution is 7.09. The Morgan fingerprint density at radius 2 is 2.36 bits per heavy atom. The summed E-state index contributed by atoms with van der Waals surface area (Å²) in [6.07, 6.45) is 2.22. The second-order valence-electron chi connectivity index (χ2n) is 4.09. The van der Waals surface area contributed by atoms with Gasteiger partial charge in [0.2, 0.25) is 0 Å². The molecule has 14 heavy (non-hydrogen) atoms. The Morgan fingerprint density at radius 1 is 1.57 bits per heavy atom. The van der Waals surface area contributed by atoms with Crippen molar-refractivity contribution in [2.24, 2.45) is 5.73 Å². The van der Waals surface area contributed by atoms with Gasteiger partial charge in [-0.2, -0.15) is 0 Å². The minimum Gasteiger partial charge on any atom is -0.324 e. The van der Waals surface area contributed by atoms with E-state index in [1.807, 2.05) is 0 Å². The van der Waals surface area contributed by atoms with Gasteiger partial charge < -0.3 is 11.1 Å². The van der Waals surface area contributed by atoms with Gasteiger partial charge in [-0.15, -0.1) is 11.3 Å². The lowest BCUT2D eigenvalue weighted by atomic mass is 9.98. The Hall–Kier alpha value is -0.380. The summed E-state index contributed by atoms with van der Waals surface area (Å²) in [6, 6.07) is 4.22. The minimum absolute atomic E-state index is 0.0635. The van der Waals surface area contributed by atoms with Crippen LogP contribution < -0.4 is 11.1 Å². The minimum atomic E-state index is -0.0635. The van der Waals surface area contributed by atoms with Crippen molar-refractivity contribution >= 4 is 11.3 Å². The van der Waals surface area contributed by atoms with Crippen molar-refractivity contribution in [2.45, 2.75) is 38.8 Å². The maximum atomic E-state index is 6.11. The van der Waals surface area contributed by atoms with Gasteiger partial charge in [0.1, 0.15) is 0 Å². The van der Waals surface area contributed by atoms with E-state index in [9.17, 15) is 0 Å². The second-order valence-corrected chi connectivity index (χ2v) is 5.12. The maximum Gasteiger partial charge on any atom is 0.0300 e. The van der Waals surface area contributed by atoms with Crippen LogP contribution in [-0.2, 0) is 6.54 Å². The van der Waals surface area contributed by atoms with Gasteiger partial charge in [0.25, 0.3) is 0 Å². The summed E-state index contributed by atoms with van der Waals surface area (Å²) in [4.78, 5) is 1.37. The Labute approximate surface area is 90.5 Å². The highest BCUT2D eigenvalue weighted by atomic mass is 32.1. The summed E-state index contributed by atoms with van der Waals surface area (Å²) in [5, 5.41) is 5.50. The fourth-order valence-electron chi connectivity index (χ4n) is 1.54. The van der Waals surface area contributed by atoms with Crippen molar-refractivity contribution in [3.05, 3.63) is 22.4 Å². The zero-order valence-electron chi connectivity index (χ0n) is 9.05. The molecule has 1 unspecified atom stereocenters. The molecule has 0 bridgehead atoms. The van der Waals surface area contributed by atoms with Crippen LogP contribution in [0.25, 0.3) is 0 Å². The van der Waals surface area contributed by atoms with E-state index in [1.165, 1.54) is 4.88 Å².